The van der Waals surface area contributed by atoms with E-state index in [2.05, 4.69) is 0 Å². The Hall–Kier alpha value is -2.78. The fourth-order valence-electron chi connectivity index (χ4n) is 3.36. The molecule has 0 radical (unpaired) electrons. The lowest BCUT2D eigenvalue weighted by Crippen LogP contribution is -2.41. The second kappa shape index (κ2) is 8.71. The summed E-state index contributed by atoms with van der Waals surface area (Å²) in [5, 5.41) is 11.0. The smallest absolute Gasteiger partial charge is 0.338 e. The largest absolute Gasteiger partial charge is 0.457 e. The first-order valence-corrected chi connectivity index (χ1v) is 10.8. The van der Waals surface area contributed by atoms with E-state index in [9.17, 15) is 23.3 Å². The molecule has 1 aliphatic heterocycles. The van der Waals surface area contributed by atoms with Crippen molar-refractivity contribution in [3.63, 3.8) is 0 Å². The Balaban J connectivity index is 1.70. The number of carbonyl (C=O) groups is 1. The number of hydrogen-bond acceptors (Lipinski definition) is 6. The van der Waals surface area contributed by atoms with Crippen LogP contribution in [0.4, 0.5) is 5.69 Å². The molecule has 2 aromatic rings. The van der Waals surface area contributed by atoms with Gasteiger partial charge in [-0.05, 0) is 50.1 Å². The highest BCUT2D eigenvalue weighted by atomic mass is 32.2. The van der Waals surface area contributed by atoms with E-state index in [0.717, 1.165) is 19.3 Å². The van der Waals surface area contributed by atoms with Crippen molar-refractivity contribution >= 4 is 21.7 Å². The molecule has 0 aliphatic carbocycles. The number of nitrogens with zero attached hydrogens (tertiary/aromatic N) is 2. The minimum Gasteiger partial charge on any atom is -0.457 e. The predicted molar refractivity (Wildman–Crippen MR) is 106 cm³/mol. The van der Waals surface area contributed by atoms with E-state index in [1.165, 1.54) is 46.8 Å². The molecule has 1 saturated heterocycles. The Morgan fingerprint density at radius 2 is 1.86 bits per heavy atom. The van der Waals surface area contributed by atoms with Crippen LogP contribution in [0.1, 0.15) is 42.1 Å². The lowest BCUT2D eigenvalue weighted by Gasteiger charge is -2.32. The zero-order chi connectivity index (χ0) is 21.0. The molecule has 0 saturated carbocycles. The topological polar surface area (TPSA) is 107 Å². The highest BCUT2D eigenvalue weighted by Gasteiger charge is 2.31. The quantitative estimate of drug-likeness (QED) is 0.404. The molecule has 8 nitrogen and oxygen atoms in total. The zero-order valence-electron chi connectivity index (χ0n) is 16.0. The number of rotatable bonds is 6. The summed E-state index contributed by atoms with van der Waals surface area (Å²) in [6.45, 7) is 2.13. The van der Waals surface area contributed by atoms with Gasteiger partial charge in [0, 0.05) is 18.7 Å². The first-order valence-electron chi connectivity index (χ1n) is 9.32. The summed E-state index contributed by atoms with van der Waals surface area (Å²) in [6, 6.07) is 11.5. The number of benzene rings is 2. The number of sulfonamides is 1. The number of para-hydroxylation sites is 1. The van der Waals surface area contributed by atoms with Gasteiger partial charge in [-0.25, -0.2) is 13.2 Å². The second-order valence-corrected chi connectivity index (χ2v) is 8.84. The molecular formula is C20H22N2O6S. The van der Waals surface area contributed by atoms with Gasteiger partial charge in [0.15, 0.2) is 0 Å². The molecule has 1 aliphatic rings. The van der Waals surface area contributed by atoms with Gasteiger partial charge in [0.2, 0.25) is 10.0 Å². The van der Waals surface area contributed by atoms with Crippen LogP contribution in [0.15, 0.2) is 53.4 Å². The summed E-state index contributed by atoms with van der Waals surface area (Å²) in [5.41, 5.74) is 0.329. The van der Waals surface area contributed by atoms with Gasteiger partial charge in [-0.3, -0.25) is 10.1 Å². The third-order valence-electron chi connectivity index (χ3n) is 4.99. The van der Waals surface area contributed by atoms with Crippen molar-refractivity contribution in [3.05, 3.63) is 69.8 Å². The van der Waals surface area contributed by atoms with Crippen molar-refractivity contribution in [2.24, 2.45) is 0 Å². The van der Waals surface area contributed by atoms with Crippen LogP contribution in [-0.2, 0) is 21.4 Å². The molecule has 0 amide bonds. The molecular weight excluding hydrogens is 396 g/mol. The molecule has 29 heavy (non-hydrogen) atoms. The number of nitro benzene ring substituents is 1. The van der Waals surface area contributed by atoms with Crippen LogP contribution in [0.3, 0.4) is 0 Å². The summed E-state index contributed by atoms with van der Waals surface area (Å²) >= 11 is 0. The van der Waals surface area contributed by atoms with Gasteiger partial charge in [-0.1, -0.05) is 18.6 Å². The third-order valence-corrected chi connectivity index (χ3v) is 7.01. The summed E-state index contributed by atoms with van der Waals surface area (Å²) in [7, 11) is -3.62. The Bertz CT molecular complexity index is 1000. The van der Waals surface area contributed by atoms with E-state index in [1.807, 2.05) is 6.92 Å². The van der Waals surface area contributed by atoms with Crippen LogP contribution < -0.4 is 0 Å². The predicted octanol–water partition coefficient (Wildman–Crippen LogP) is 3.51. The van der Waals surface area contributed by atoms with E-state index in [-0.39, 0.29) is 34.4 Å². The minimum atomic E-state index is -3.62. The average molecular weight is 418 g/mol. The lowest BCUT2D eigenvalue weighted by atomic mass is 10.1. The van der Waals surface area contributed by atoms with Crippen LogP contribution in [0.2, 0.25) is 0 Å². The van der Waals surface area contributed by atoms with Crippen molar-refractivity contribution in [1.29, 1.82) is 0 Å². The highest BCUT2D eigenvalue weighted by molar-refractivity contribution is 7.89. The van der Waals surface area contributed by atoms with Gasteiger partial charge in [0.1, 0.15) is 6.61 Å². The van der Waals surface area contributed by atoms with Gasteiger partial charge in [0.25, 0.3) is 5.69 Å². The van der Waals surface area contributed by atoms with Gasteiger partial charge in [0.05, 0.1) is 20.9 Å². The van der Waals surface area contributed by atoms with Crippen molar-refractivity contribution in [2.45, 2.75) is 43.7 Å². The average Bonchev–Trinajstić information content (AvgIpc) is 2.72. The number of esters is 1. The minimum absolute atomic E-state index is 0.0555. The Morgan fingerprint density at radius 3 is 2.52 bits per heavy atom. The van der Waals surface area contributed by atoms with E-state index >= 15 is 0 Å². The molecule has 0 aromatic heterocycles. The Kier molecular flexibility index (Phi) is 6.29. The first-order chi connectivity index (χ1) is 13.8. The maximum atomic E-state index is 12.8. The van der Waals surface area contributed by atoms with Crippen molar-refractivity contribution in [3.8, 4) is 0 Å². The summed E-state index contributed by atoms with van der Waals surface area (Å²) in [5.74, 6) is -0.682. The Morgan fingerprint density at radius 1 is 1.17 bits per heavy atom. The number of hydrogen-bond donors (Lipinski definition) is 0. The number of piperidine rings is 1. The van der Waals surface area contributed by atoms with Crippen LogP contribution in [0.5, 0.6) is 0 Å². The molecule has 9 heteroatoms. The maximum absolute atomic E-state index is 12.8. The van der Waals surface area contributed by atoms with Crippen molar-refractivity contribution in [2.75, 3.05) is 6.54 Å². The first kappa shape index (κ1) is 20.9. The highest BCUT2D eigenvalue weighted by Crippen LogP contribution is 2.25. The van der Waals surface area contributed by atoms with Crippen LogP contribution in [-0.4, -0.2) is 36.2 Å². The SMILES string of the molecule is C[C@@H]1CCCCN1S(=O)(=O)c1ccc(C(=O)OCc2ccccc2[N+](=O)[O-])cc1. The molecule has 0 N–H and O–H groups in total. The Labute approximate surface area is 169 Å². The van der Waals surface area contributed by atoms with Crippen LogP contribution in [0.25, 0.3) is 0 Å². The fraction of sp³-hybridized carbons (Fsp3) is 0.350. The molecule has 0 unspecified atom stereocenters. The molecule has 0 spiro atoms. The summed E-state index contributed by atoms with van der Waals surface area (Å²) in [4.78, 5) is 22.9. The van der Waals surface area contributed by atoms with Crippen molar-refractivity contribution in [1.82, 2.24) is 4.31 Å². The molecule has 2 aromatic carbocycles. The summed E-state index contributed by atoms with van der Waals surface area (Å²) < 4.78 is 32.3. The third kappa shape index (κ3) is 4.63. The maximum Gasteiger partial charge on any atom is 0.338 e. The number of carbonyl (C=O) groups excluding carboxylic acids is 1. The van der Waals surface area contributed by atoms with E-state index < -0.39 is 20.9 Å². The van der Waals surface area contributed by atoms with Crippen LogP contribution >= 0.6 is 0 Å². The monoisotopic (exact) mass is 418 g/mol. The lowest BCUT2D eigenvalue weighted by molar-refractivity contribution is -0.385. The molecule has 1 heterocycles. The van der Waals surface area contributed by atoms with Gasteiger partial charge < -0.3 is 4.74 Å². The number of ether oxygens (including phenoxy) is 1. The van der Waals surface area contributed by atoms with Crippen molar-refractivity contribution < 1.29 is 22.9 Å². The van der Waals surface area contributed by atoms with E-state index in [1.54, 1.807) is 6.07 Å². The molecule has 0 bridgehead atoms. The standard InChI is InChI=1S/C20H22N2O6S/c1-15-6-4-5-13-21(15)29(26,27)18-11-9-16(10-12-18)20(23)28-14-17-7-2-3-8-19(17)22(24)25/h2-3,7-12,15H,4-6,13-14H2,1H3/t15-/m1/s1. The van der Waals surface area contributed by atoms with Gasteiger partial charge in [-0.15, -0.1) is 0 Å². The zero-order valence-corrected chi connectivity index (χ0v) is 16.8. The number of nitro groups is 1. The summed E-state index contributed by atoms with van der Waals surface area (Å²) in [6.07, 6.45) is 2.67. The van der Waals surface area contributed by atoms with Gasteiger partial charge >= 0.3 is 5.97 Å². The van der Waals surface area contributed by atoms with E-state index in [0.29, 0.717) is 6.54 Å². The normalized spacial score (nSPS) is 17.6. The van der Waals surface area contributed by atoms with E-state index in [4.69, 9.17) is 4.74 Å². The fourth-order valence-corrected chi connectivity index (χ4v) is 5.06. The molecule has 154 valence electrons. The molecule has 1 atom stereocenters. The second-order valence-electron chi connectivity index (χ2n) is 6.95. The molecule has 1 fully saturated rings. The van der Waals surface area contributed by atoms with Crippen LogP contribution in [0, 0.1) is 10.1 Å². The van der Waals surface area contributed by atoms with Gasteiger partial charge in [-0.2, -0.15) is 4.31 Å². The molecule has 3 rings (SSSR count).